The molecule has 0 spiro atoms. The first-order valence-electron chi connectivity index (χ1n) is 4.03. The van der Waals surface area contributed by atoms with Crippen LogP contribution in [0.4, 0.5) is 8.78 Å². The van der Waals surface area contributed by atoms with Gasteiger partial charge in [0.25, 0.3) is 0 Å². The molecule has 0 bridgehead atoms. The lowest BCUT2D eigenvalue weighted by Gasteiger charge is -2.28. The fraction of sp³-hybridized carbons (Fsp3) is 0.750. The van der Waals surface area contributed by atoms with Crippen LogP contribution in [0.1, 0.15) is 19.8 Å². The van der Waals surface area contributed by atoms with E-state index >= 15 is 0 Å². The van der Waals surface area contributed by atoms with E-state index in [-0.39, 0.29) is 29.8 Å². The van der Waals surface area contributed by atoms with Gasteiger partial charge in [0, 0.05) is 11.7 Å². The van der Waals surface area contributed by atoms with Crippen LogP contribution in [0.5, 0.6) is 0 Å². The molecule has 1 radical (unpaired) electrons. The van der Waals surface area contributed by atoms with Gasteiger partial charge < -0.3 is 0 Å². The van der Waals surface area contributed by atoms with Crippen LogP contribution in [-0.4, -0.2) is 16.2 Å². The van der Waals surface area contributed by atoms with E-state index in [1.165, 1.54) is 11.8 Å². The van der Waals surface area contributed by atoms with Gasteiger partial charge in [0.2, 0.25) is 0 Å². The molecule has 1 atom stereocenters. The topological polar surface area (TPSA) is 17.1 Å². The molecule has 1 aliphatic heterocycles. The van der Waals surface area contributed by atoms with Crippen molar-refractivity contribution in [3.8, 4) is 0 Å². The van der Waals surface area contributed by atoms with Gasteiger partial charge in [-0.1, -0.05) is 18.7 Å². The van der Waals surface area contributed by atoms with Gasteiger partial charge in [-0.05, 0) is 24.4 Å². The molecular weight excluding hydrogens is 218 g/mol. The Balaban J connectivity index is 2.44. The molecule has 1 heterocycles. The summed E-state index contributed by atoms with van der Waals surface area (Å²) in [6, 6.07) is 0. The monoisotopic (exact) mass is 227 g/mol. The van der Waals surface area contributed by atoms with Gasteiger partial charge in [-0.15, -0.1) is 0 Å². The van der Waals surface area contributed by atoms with E-state index in [0.717, 1.165) is 0 Å². The van der Waals surface area contributed by atoms with Crippen LogP contribution in [0.3, 0.4) is 0 Å². The van der Waals surface area contributed by atoms with Crippen LogP contribution in [0.25, 0.3) is 0 Å². The predicted octanol–water partition coefficient (Wildman–Crippen LogP) is 3.08. The SMILES string of the molecule is CC[C](CC1CSC1=O)C(F)(F)Cl. The second-order valence-electron chi connectivity index (χ2n) is 2.99. The van der Waals surface area contributed by atoms with Crippen LogP contribution in [-0.2, 0) is 4.79 Å². The molecular formula is C8H10ClF2OS. The predicted molar refractivity (Wildman–Crippen MR) is 49.9 cm³/mol. The Bertz CT molecular complexity index is 205. The van der Waals surface area contributed by atoms with Crippen molar-refractivity contribution < 1.29 is 13.6 Å². The molecule has 13 heavy (non-hydrogen) atoms. The van der Waals surface area contributed by atoms with Crippen LogP contribution in [0.2, 0.25) is 0 Å². The molecule has 1 rings (SSSR count). The Morgan fingerprint density at radius 1 is 1.77 bits per heavy atom. The van der Waals surface area contributed by atoms with E-state index in [0.29, 0.717) is 5.75 Å². The number of hydrogen-bond acceptors (Lipinski definition) is 2. The number of halogens is 3. The minimum Gasteiger partial charge on any atom is -0.287 e. The molecule has 1 fully saturated rings. The summed E-state index contributed by atoms with van der Waals surface area (Å²) in [6.45, 7) is 1.63. The quantitative estimate of drug-likeness (QED) is 0.687. The lowest BCUT2D eigenvalue weighted by atomic mass is 9.94. The highest BCUT2D eigenvalue weighted by Gasteiger charge is 2.41. The van der Waals surface area contributed by atoms with E-state index in [9.17, 15) is 13.6 Å². The zero-order valence-corrected chi connectivity index (χ0v) is 8.72. The highest BCUT2D eigenvalue weighted by molar-refractivity contribution is 8.15. The Morgan fingerprint density at radius 3 is 2.62 bits per heavy atom. The number of thioether (sulfide) groups is 1. The van der Waals surface area contributed by atoms with Gasteiger partial charge in [0.1, 0.15) is 0 Å². The number of rotatable bonds is 4. The van der Waals surface area contributed by atoms with Gasteiger partial charge in [-0.3, -0.25) is 4.79 Å². The standard InChI is InChI=1S/C8H10ClF2OS/c1-2-6(8(9,10)11)3-5-4-13-7(5)12/h5H,2-4H2,1H3. The number of carbonyl (C=O) groups excluding carboxylic acids is 1. The number of alkyl halides is 3. The van der Waals surface area contributed by atoms with E-state index in [1.54, 1.807) is 6.92 Å². The molecule has 0 aromatic rings. The second kappa shape index (κ2) is 4.13. The Hall–Kier alpha value is 0.170. The summed E-state index contributed by atoms with van der Waals surface area (Å²) < 4.78 is 25.3. The van der Waals surface area contributed by atoms with Crippen molar-refractivity contribution in [2.45, 2.75) is 25.1 Å². The summed E-state index contributed by atoms with van der Waals surface area (Å²) in [5.74, 6) is 0.382. The first-order valence-corrected chi connectivity index (χ1v) is 5.40. The average molecular weight is 228 g/mol. The van der Waals surface area contributed by atoms with Crippen molar-refractivity contribution in [2.75, 3.05) is 5.75 Å². The van der Waals surface area contributed by atoms with Crippen molar-refractivity contribution in [3.63, 3.8) is 0 Å². The summed E-state index contributed by atoms with van der Waals surface area (Å²) in [5, 5.41) is -3.25. The molecule has 0 aromatic heterocycles. The summed E-state index contributed by atoms with van der Waals surface area (Å²) in [7, 11) is 0. The normalized spacial score (nSPS) is 23.5. The second-order valence-corrected chi connectivity index (χ2v) is 4.49. The van der Waals surface area contributed by atoms with Crippen molar-refractivity contribution in [1.29, 1.82) is 0 Å². The van der Waals surface area contributed by atoms with Gasteiger partial charge in [-0.25, -0.2) is 0 Å². The van der Waals surface area contributed by atoms with E-state index < -0.39 is 5.38 Å². The van der Waals surface area contributed by atoms with Gasteiger partial charge >= 0.3 is 5.38 Å². The molecule has 75 valence electrons. The molecule has 1 saturated heterocycles. The third-order valence-electron chi connectivity index (χ3n) is 2.08. The summed E-state index contributed by atoms with van der Waals surface area (Å²) >= 11 is 6.07. The van der Waals surface area contributed by atoms with Crippen LogP contribution in [0, 0.1) is 11.8 Å². The maximum Gasteiger partial charge on any atom is 0.328 e. The molecule has 0 amide bonds. The van der Waals surface area contributed by atoms with Crippen molar-refractivity contribution in [3.05, 3.63) is 5.92 Å². The first kappa shape index (κ1) is 11.2. The first-order chi connectivity index (χ1) is 5.95. The molecule has 1 nitrogen and oxygen atoms in total. The van der Waals surface area contributed by atoms with Gasteiger partial charge in [-0.2, -0.15) is 8.78 Å². The molecule has 0 aliphatic carbocycles. The van der Waals surface area contributed by atoms with E-state index in [2.05, 4.69) is 0 Å². The van der Waals surface area contributed by atoms with Crippen molar-refractivity contribution in [2.24, 2.45) is 5.92 Å². The van der Waals surface area contributed by atoms with Crippen molar-refractivity contribution >= 4 is 28.5 Å². The van der Waals surface area contributed by atoms with E-state index in [1.807, 2.05) is 0 Å². The number of carbonyl (C=O) groups is 1. The number of hydrogen-bond donors (Lipinski definition) is 0. The third-order valence-corrected chi connectivity index (χ3v) is 3.53. The van der Waals surface area contributed by atoms with Crippen LogP contribution < -0.4 is 0 Å². The molecule has 5 heteroatoms. The molecule has 0 aromatic carbocycles. The Morgan fingerprint density at radius 2 is 2.38 bits per heavy atom. The minimum absolute atomic E-state index is 0.00636. The highest BCUT2D eigenvalue weighted by Crippen LogP contribution is 2.41. The third kappa shape index (κ3) is 2.81. The molecule has 1 unspecified atom stereocenters. The van der Waals surface area contributed by atoms with Crippen LogP contribution in [0.15, 0.2) is 0 Å². The van der Waals surface area contributed by atoms with Crippen LogP contribution >= 0.6 is 23.4 Å². The lowest BCUT2D eigenvalue weighted by Crippen LogP contribution is -2.31. The fourth-order valence-electron chi connectivity index (χ4n) is 1.17. The summed E-state index contributed by atoms with van der Waals surface area (Å²) in [6.07, 6.45) is 0.365. The Labute approximate surface area is 85.2 Å². The van der Waals surface area contributed by atoms with Gasteiger partial charge in [0.15, 0.2) is 5.12 Å². The largest absolute Gasteiger partial charge is 0.328 e. The molecule has 0 saturated carbocycles. The summed E-state index contributed by atoms with van der Waals surface area (Å²) in [4.78, 5) is 10.9. The Kier molecular flexibility index (Phi) is 3.57. The smallest absolute Gasteiger partial charge is 0.287 e. The van der Waals surface area contributed by atoms with E-state index in [4.69, 9.17) is 11.6 Å². The fourth-order valence-corrected chi connectivity index (χ4v) is 2.12. The maximum absolute atomic E-state index is 12.6. The zero-order valence-electron chi connectivity index (χ0n) is 7.15. The highest BCUT2D eigenvalue weighted by atomic mass is 35.5. The molecule has 1 aliphatic rings. The molecule has 0 N–H and O–H groups in total. The van der Waals surface area contributed by atoms with Gasteiger partial charge in [0.05, 0.1) is 5.92 Å². The lowest BCUT2D eigenvalue weighted by molar-refractivity contribution is -0.115. The zero-order chi connectivity index (χ0) is 10.1. The maximum atomic E-state index is 12.6. The average Bonchev–Trinajstić information content (AvgIpc) is 2.00. The minimum atomic E-state index is -3.25. The summed E-state index contributed by atoms with van der Waals surface area (Å²) in [5.41, 5.74) is 0. The van der Waals surface area contributed by atoms with Crippen molar-refractivity contribution in [1.82, 2.24) is 0 Å².